The molecule has 1 amide bonds. The molecule has 3 heterocycles. The molecule has 0 radical (unpaired) electrons. The number of aromatic nitrogens is 1. The minimum atomic E-state index is -0.135. The first-order chi connectivity index (χ1) is 16.2. The number of carbonyl (C=O) groups excluding carboxylic acids is 1. The maximum atomic E-state index is 13.0. The third-order valence-electron chi connectivity index (χ3n) is 6.38. The monoisotopic (exact) mass is 466 g/mol. The van der Waals surface area contributed by atoms with Crippen LogP contribution >= 0.6 is 11.3 Å². The number of hydrogen-bond acceptors (Lipinski definition) is 7. The highest BCUT2D eigenvalue weighted by Gasteiger charge is 2.20. The normalized spacial score (nSPS) is 16.9. The van der Waals surface area contributed by atoms with E-state index >= 15 is 0 Å². The molecule has 8 heteroatoms. The molecule has 0 unspecified atom stereocenters. The molecular formula is C25H30N4O3S. The summed E-state index contributed by atoms with van der Waals surface area (Å²) in [6.07, 6.45) is 3.55. The molecule has 2 aliphatic heterocycles. The number of methoxy groups -OCH3 is 1. The summed E-state index contributed by atoms with van der Waals surface area (Å²) in [6.45, 7) is 6.53. The van der Waals surface area contributed by atoms with Crippen molar-refractivity contribution in [2.45, 2.75) is 19.3 Å². The fourth-order valence-electron chi connectivity index (χ4n) is 4.57. The highest BCUT2D eigenvalue weighted by Crippen LogP contribution is 2.39. The van der Waals surface area contributed by atoms with Crippen molar-refractivity contribution in [3.8, 4) is 5.75 Å². The molecule has 1 N–H and O–H groups in total. The lowest BCUT2D eigenvalue weighted by Crippen LogP contribution is -2.36. The molecule has 0 aliphatic carbocycles. The first kappa shape index (κ1) is 22.1. The Morgan fingerprint density at radius 1 is 1.15 bits per heavy atom. The van der Waals surface area contributed by atoms with Crippen molar-refractivity contribution in [1.82, 2.24) is 9.88 Å². The maximum Gasteiger partial charge on any atom is 0.257 e. The lowest BCUT2D eigenvalue weighted by molar-refractivity contribution is 0.102. The fraction of sp³-hybridized carbons (Fsp3) is 0.440. The van der Waals surface area contributed by atoms with Crippen molar-refractivity contribution >= 4 is 38.3 Å². The van der Waals surface area contributed by atoms with E-state index in [9.17, 15) is 4.79 Å². The molecule has 2 fully saturated rings. The van der Waals surface area contributed by atoms with Crippen molar-refractivity contribution in [3.05, 3.63) is 47.5 Å². The summed E-state index contributed by atoms with van der Waals surface area (Å²) in [7, 11) is 1.65. The van der Waals surface area contributed by atoms with Gasteiger partial charge in [0.25, 0.3) is 5.91 Å². The van der Waals surface area contributed by atoms with Crippen LogP contribution in [-0.2, 0) is 11.2 Å². The number of anilines is 2. The van der Waals surface area contributed by atoms with Gasteiger partial charge in [-0.25, -0.2) is 4.98 Å². The zero-order valence-corrected chi connectivity index (χ0v) is 19.8. The van der Waals surface area contributed by atoms with E-state index in [0.29, 0.717) is 29.7 Å². The van der Waals surface area contributed by atoms with Crippen molar-refractivity contribution < 1.29 is 14.3 Å². The maximum absolute atomic E-state index is 13.0. The number of ether oxygens (including phenoxy) is 2. The molecule has 3 aromatic rings. The molecule has 2 aliphatic rings. The van der Waals surface area contributed by atoms with Gasteiger partial charge in [-0.05, 0) is 62.2 Å². The number of nitrogens with one attached hydrogen (secondary N) is 1. The van der Waals surface area contributed by atoms with E-state index in [1.165, 1.54) is 42.8 Å². The van der Waals surface area contributed by atoms with E-state index < -0.39 is 0 Å². The summed E-state index contributed by atoms with van der Waals surface area (Å²) in [5, 5.41) is 3.59. The van der Waals surface area contributed by atoms with Gasteiger partial charge in [0, 0.05) is 25.2 Å². The summed E-state index contributed by atoms with van der Waals surface area (Å²) < 4.78 is 12.1. The van der Waals surface area contributed by atoms with E-state index in [0.717, 1.165) is 42.0 Å². The number of thiazole rings is 1. The van der Waals surface area contributed by atoms with Crippen LogP contribution in [0.15, 0.2) is 36.4 Å². The molecule has 33 heavy (non-hydrogen) atoms. The molecule has 174 valence electrons. The summed E-state index contributed by atoms with van der Waals surface area (Å²) in [4.78, 5) is 22.5. The number of nitrogens with zero attached hydrogens (tertiary/aromatic N) is 3. The van der Waals surface area contributed by atoms with E-state index in [4.69, 9.17) is 14.5 Å². The van der Waals surface area contributed by atoms with Crippen LogP contribution in [-0.4, -0.2) is 68.8 Å². The zero-order valence-electron chi connectivity index (χ0n) is 19.0. The number of likely N-dealkylation sites (tertiary alicyclic amines) is 1. The van der Waals surface area contributed by atoms with Crippen LogP contribution in [0.5, 0.6) is 5.75 Å². The van der Waals surface area contributed by atoms with Crippen LogP contribution in [0.4, 0.5) is 10.8 Å². The first-order valence-electron chi connectivity index (χ1n) is 11.6. The lowest BCUT2D eigenvalue weighted by Gasteiger charge is -2.29. The smallest absolute Gasteiger partial charge is 0.257 e. The molecule has 1 aromatic heterocycles. The lowest BCUT2D eigenvalue weighted by atomic mass is 10.1. The number of carbonyl (C=O) groups is 1. The first-order valence-corrected chi connectivity index (χ1v) is 12.5. The second-order valence-electron chi connectivity index (χ2n) is 8.54. The molecule has 2 saturated heterocycles. The quantitative estimate of drug-likeness (QED) is 0.567. The Labute approximate surface area is 198 Å². The van der Waals surface area contributed by atoms with Crippen LogP contribution in [0.3, 0.4) is 0 Å². The Balaban J connectivity index is 1.34. The molecule has 0 bridgehead atoms. The average molecular weight is 467 g/mol. The van der Waals surface area contributed by atoms with Crippen molar-refractivity contribution in [2.75, 3.05) is 63.3 Å². The second kappa shape index (κ2) is 10.1. The van der Waals surface area contributed by atoms with Gasteiger partial charge in [-0.15, -0.1) is 0 Å². The Morgan fingerprint density at radius 2 is 1.97 bits per heavy atom. The van der Waals surface area contributed by atoms with Crippen LogP contribution < -0.4 is 15.0 Å². The Kier molecular flexibility index (Phi) is 6.75. The third-order valence-corrected chi connectivity index (χ3v) is 7.38. The van der Waals surface area contributed by atoms with Gasteiger partial charge in [0.1, 0.15) is 11.3 Å². The standard InChI is InChI=1S/C25H30N4O3S/c1-31-21-8-7-20(29-13-15-32-16-14-29)23-22(21)26-25(33-23)27-24(30)19-6-4-5-18(17-19)9-12-28-10-2-3-11-28/h4-8,17H,2-3,9-16H2,1H3,(H,26,27,30). The summed E-state index contributed by atoms with van der Waals surface area (Å²) in [5.74, 6) is 0.576. The Hall–Kier alpha value is -2.68. The fourth-order valence-corrected chi connectivity index (χ4v) is 5.59. The number of benzene rings is 2. The van der Waals surface area contributed by atoms with Crippen LogP contribution in [0.1, 0.15) is 28.8 Å². The second-order valence-corrected chi connectivity index (χ2v) is 9.54. The number of fused-ring (bicyclic) bond motifs is 1. The number of hydrogen-bond donors (Lipinski definition) is 1. The largest absolute Gasteiger partial charge is 0.494 e. The molecular weight excluding hydrogens is 436 g/mol. The molecule has 0 saturated carbocycles. The molecule has 0 atom stereocenters. The zero-order chi connectivity index (χ0) is 22.6. The van der Waals surface area contributed by atoms with Crippen LogP contribution in [0, 0.1) is 0 Å². The van der Waals surface area contributed by atoms with Crippen LogP contribution in [0.25, 0.3) is 10.2 Å². The number of morpholine rings is 1. The minimum absolute atomic E-state index is 0.135. The predicted molar refractivity (Wildman–Crippen MR) is 133 cm³/mol. The summed E-state index contributed by atoms with van der Waals surface area (Å²) in [6, 6.07) is 11.9. The van der Waals surface area contributed by atoms with Gasteiger partial charge in [-0.1, -0.05) is 23.5 Å². The Bertz CT molecular complexity index is 1120. The van der Waals surface area contributed by atoms with Gasteiger partial charge in [0.2, 0.25) is 0 Å². The highest BCUT2D eigenvalue weighted by atomic mass is 32.1. The predicted octanol–water partition coefficient (Wildman–Crippen LogP) is 4.03. The van der Waals surface area contributed by atoms with E-state index in [1.54, 1.807) is 7.11 Å². The topological polar surface area (TPSA) is 66.9 Å². The average Bonchev–Trinajstić information content (AvgIpc) is 3.53. The minimum Gasteiger partial charge on any atom is -0.494 e. The van der Waals surface area contributed by atoms with E-state index in [-0.39, 0.29) is 5.91 Å². The number of rotatable bonds is 7. The highest BCUT2D eigenvalue weighted by molar-refractivity contribution is 7.23. The van der Waals surface area contributed by atoms with Gasteiger partial charge >= 0.3 is 0 Å². The van der Waals surface area contributed by atoms with E-state index in [1.807, 2.05) is 24.3 Å². The van der Waals surface area contributed by atoms with E-state index in [2.05, 4.69) is 27.2 Å². The SMILES string of the molecule is COc1ccc(N2CCOCC2)c2sc(NC(=O)c3cccc(CCN4CCCC4)c3)nc12. The molecule has 5 rings (SSSR count). The van der Waals surface area contributed by atoms with Gasteiger partial charge in [-0.3, -0.25) is 10.1 Å². The van der Waals surface area contributed by atoms with Crippen molar-refractivity contribution in [2.24, 2.45) is 0 Å². The van der Waals surface area contributed by atoms with Gasteiger partial charge in [-0.2, -0.15) is 0 Å². The third kappa shape index (κ3) is 4.98. The Morgan fingerprint density at radius 3 is 2.76 bits per heavy atom. The van der Waals surface area contributed by atoms with Crippen LogP contribution in [0.2, 0.25) is 0 Å². The summed E-state index contributed by atoms with van der Waals surface area (Å²) >= 11 is 1.49. The van der Waals surface area contributed by atoms with Crippen molar-refractivity contribution in [1.29, 1.82) is 0 Å². The summed E-state index contributed by atoms with van der Waals surface area (Å²) in [5.41, 5.74) is 3.74. The van der Waals surface area contributed by atoms with Gasteiger partial charge < -0.3 is 19.3 Å². The molecule has 0 spiro atoms. The molecule has 7 nitrogen and oxygen atoms in total. The van der Waals surface area contributed by atoms with Gasteiger partial charge in [0.05, 0.1) is 30.7 Å². The molecule has 2 aromatic carbocycles. The number of amides is 1. The van der Waals surface area contributed by atoms with Gasteiger partial charge in [0.15, 0.2) is 5.13 Å². The van der Waals surface area contributed by atoms with Crippen molar-refractivity contribution in [3.63, 3.8) is 0 Å².